The molecule has 0 aliphatic carbocycles. The van der Waals surface area contributed by atoms with Gasteiger partial charge in [0, 0.05) is 6.54 Å². The molecule has 0 saturated heterocycles. The number of aliphatic hydroxyl groups is 2. The molecule has 0 fully saturated rings. The maximum atomic E-state index is 9.73. The molecule has 0 spiro atoms. The lowest BCUT2D eigenvalue weighted by molar-refractivity contribution is 0.0327. The zero-order chi connectivity index (χ0) is 11.3. The van der Waals surface area contributed by atoms with Gasteiger partial charge in [-0.1, -0.05) is 24.3 Å². The van der Waals surface area contributed by atoms with Gasteiger partial charge in [-0.25, -0.2) is 0 Å². The highest BCUT2D eigenvalue weighted by Gasteiger charge is 2.17. The van der Waals surface area contributed by atoms with Crippen LogP contribution < -0.4 is 5.32 Å². The zero-order valence-electron chi connectivity index (χ0n) is 8.65. The molecule has 15 heavy (non-hydrogen) atoms. The molecule has 84 valence electrons. The number of hydrogen-bond acceptors (Lipinski definition) is 3. The van der Waals surface area contributed by atoms with Crippen molar-refractivity contribution < 1.29 is 10.2 Å². The van der Waals surface area contributed by atoms with E-state index < -0.39 is 12.2 Å². The third kappa shape index (κ3) is 3.47. The van der Waals surface area contributed by atoms with Crippen LogP contribution in [-0.2, 0) is 6.54 Å². The summed E-state index contributed by atoms with van der Waals surface area (Å²) in [6.07, 6.45) is -1.84. The van der Waals surface area contributed by atoms with Crippen molar-refractivity contribution in [2.45, 2.75) is 18.8 Å². The zero-order valence-corrected chi connectivity index (χ0v) is 9.41. The topological polar surface area (TPSA) is 52.5 Å². The van der Waals surface area contributed by atoms with E-state index in [1.807, 2.05) is 25.2 Å². The summed E-state index contributed by atoms with van der Waals surface area (Å²) < 4.78 is 0. The Balaban J connectivity index is 2.80. The van der Waals surface area contributed by atoms with Crippen molar-refractivity contribution in [3.8, 4) is 0 Å². The predicted molar refractivity (Wildman–Crippen MR) is 60.9 cm³/mol. The first-order valence-electron chi connectivity index (χ1n) is 4.84. The minimum Gasteiger partial charge on any atom is -0.389 e. The molecule has 0 bridgehead atoms. The summed E-state index contributed by atoms with van der Waals surface area (Å²) in [4.78, 5) is 0. The summed E-state index contributed by atoms with van der Waals surface area (Å²) in [7, 11) is 1.86. The lowest BCUT2D eigenvalue weighted by Crippen LogP contribution is -2.20. The number of rotatable bonds is 5. The lowest BCUT2D eigenvalue weighted by Gasteiger charge is -2.16. The van der Waals surface area contributed by atoms with E-state index in [9.17, 15) is 10.2 Å². The highest BCUT2D eigenvalue weighted by molar-refractivity contribution is 6.18. The molecule has 0 aliphatic rings. The van der Waals surface area contributed by atoms with Crippen molar-refractivity contribution in [1.29, 1.82) is 0 Å². The number of alkyl halides is 1. The maximum absolute atomic E-state index is 9.73. The number of benzene rings is 1. The Labute approximate surface area is 94.7 Å². The average Bonchev–Trinajstić information content (AvgIpc) is 2.28. The van der Waals surface area contributed by atoms with Crippen molar-refractivity contribution in [2.75, 3.05) is 12.9 Å². The highest BCUT2D eigenvalue weighted by atomic mass is 35.5. The summed E-state index contributed by atoms with van der Waals surface area (Å²) >= 11 is 5.48. The average molecular weight is 230 g/mol. The molecule has 0 amide bonds. The molecular formula is C11H16ClNO2. The molecule has 2 atom stereocenters. The van der Waals surface area contributed by atoms with E-state index in [2.05, 4.69) is 5.32 Å². The summed E-state index contributed by atoms with van der Waals surface area (Å²) in [5, 5.41) is 22.2. The fourth-order valence-corrected chi connectivity index (χ4v) is 1.57. The van der Waals surface area contributed by atoms with Crippen LogP contribution in [-0.4, -0.2) is 29.2 Å². The highest BCUT2D eigenvalue weighted by Crippen LogP contribution is 2.18. The van der Waals surface area contributed by atoms with Crippen LogP contribution in [0.4, 0.5) is 0 Å². The quantitative estimate of drug-likeness (QED) is 0.662. The van der Waals surface area contributed by atoms with Gasteiger partial charge in [-0.05, 0) is 18.2 Å². The second kappa shape index (κ2) is 6.08. The molecule has 1 aromatic carbocycles. The van der Waals surface area contributed by atoms with E-state index in [-0.39, 0.29) is 5.88 Å². The van der Waals surface area contributed by atoms with Gasteiger partial charge in [0.05, 0.1) is 12.0 Å². The van der Waals surface area contributed by atoms with Crippen molar-refractivity contribution in [2.24, 2.45) is 0 Å². The largest absolute Gasteiger partial charge is 0.389 e. The first-order valence-corrected chi connectivity index (χ1v) is 5.38. The van der Waals surface area contributed by atoms with Crippen molar-refractivity contribution in [3.63, 3.8) is 0 Å². The Morgan fingerprint density at radius 2 is 2.13 bits per heavy atom. The summed E-state index contributed by atoms with van der Waals surface area (Å²) in [6.45, 7) is 0.734. The Morgan fingerprint density at radius 1 is 1.40 bits per heavy atom. The van der Waals surface area contributed by atoms with Gasteiger partial charge in [0.1, 0.15) is 6.10 Å². The third-order valence-electron chi connectivity index (χ3n) is 2.20. The van der Waals surface area contributed by atoms with Crippen molar-refractivity contribution >= 4 is 11.6 Å². The van der Waals surface area contributed by atoms with Crippen LogP contribution in [0.2, 0.25) is 0 Å². The molecule has 0 aromatic heterocycles. The van der Waals surface area contributed by atoms with E-state index in [1.165, 1.54) is 0 Å². The fraction of sp³-hybridized carbons (Fsp3) is 0.455. The number of aliphatic hydroxyl groups excluding tert-OH is 2. The maximum Gasteiger partial charge on any atom is 0.106 e. The summed E-state index contributed by atoms with van der Waals surface area (Å²) in [5.41, 5.74) is 1.76. The lowest BCUT2D eigenvalue weighted by atomic mass is 10.0. The predicted octanol–water partition coefficient (Wildman–Crippen LogP) is 1.04. The van der Waals surface area contributed by atoms with E-state index in [4.69, 9.17) is 11.6 Å². The fourth-order valence-electron chi connectivity index (χ4n) is 1.40. The monoisotopic (exact) mass is 229 g/mol. The molecular weight excluding hydrogens is 214 g/mol. The Hall–Kier alpha value is -0.610. The van der Waals surface area contributed by atoms with Gasteiger partial charge < -0.3 is 15.5 Å². The third-order valence-corrected chi connectivity index (χ3v) is 2.51. The Kier molecular flexibility index (Phi) is 5.05. The van der Waals surface area contributed by atoms with Gasteiger partial charge >= 0.3 is 0 Å². The molecule has 4 heteroatoms. The van der Waals surface area contributed by atoms with Gasteiger partial charge in [-0.2, -0.15) is 0 Å². The van der Waals surface area contributed by atoms with E-state index >= 15 is 0 Å². The van der Waals surface area contributed by atoms with Crippen LogP contribution in [0.5, 0.6) is 0 Å². The minimum atomic E-state index is -0.920. The van der Waals surface area contributed by atoms with Gasteiger partial charge in [-0.15, -0.1) is 11.6 Å². The second-order valence-corrected chi connectivity index (χ2v) is 3.75. The van der Waals surface area contributed by atoms with E-state index in [1.54, 1.807) is 6.07 Å². The Morgan fingerprint density at radius 3 is 2.73 bits per heavy atom. The van der Waals surface area contributed by atoms with Crippen molar-refractivity contribution in [3.05, 3.63) is 35.4 Å². The molecule has 0 heterocycles. The van der Waals surface area contributed by atoms with Crippen LogP contribution >= 0.6 is 11.6 Å². The standard InChI is InChI=1S/C11H16ClNO2/c1-13-7-8-3-2-4-9(5-8)11(15)10(14)6-12/h2-5,10-11,13-15H,6-7H2,1H3. The minimum absolute atomic E-state index is 0.0252. The van der Waals surface area contributed by atoms with Gasteiger partial charge in [0.25, 0.3) is 0 Å². The molecule has 0 saturated carbocycles. The SMILES string of the molecule is CNCc1cccc(C(O)C(O)CCl)c1. The number of hydrogen-bond donors (Lipinski definition) is 3. The summed E-state index contributed by atoms with van der Waals surface area (Å²) in [5.74, 6) is 0.0252. The number of nitrogens with one attached hydrogen (secondary N) is 1. The van der Waals surface area contributed by atoms with Gasteiger partial charge in [0.15, 0.2) is 0 Å². The smallest absolute Gasteiger partial charge is 0.106 e. The van der Waals surface area contributed by atoms with Crippen LogP contribution in [0.25, 0.3) is 0 Å². The molecule has 3 nitrogen and oxygen atoms in total. The molecule has 1 rings (SSSR count). The van der Waals surface area contributed by atoms with Crippen LogP contribution in [0.15, 0.2) is 24.3 Å². The molecule has 0 aliphatic heterocycles. The first-order chi connectivity index (χ1) is 7.19. The molecule has 3 N–H and O–H groups in total. The second-order valence-electron chi connectivity index (χ2n) is 3.44. The van der Waals surface area contributed by atoms with E-state index in [0.29, 0.717) is 5.56 Å². The van der Waals surface area contributed by atoms with Crippen LogP contribution in [0, 0.1) is 0 Å². The van der Waals surface area contributed by atoms with Crippen LogP contribution in [0.3, 0.4) is 0 Å². The molecule has 2 unspecified atom stereocenters. The molecule has 0 radical (unpaired) electrons. The van der Waals surface area contributed by atoms with Gasteiger partial charge in [0.2, 0.25) is 0 Å². The van der Waals surface area contributed by atoms with Gasteiger partial charge in [-0.3, -0.25) is 0 Å². The first kappa shape index (κ1) is 12.5. The van der Waals surface area contributed by atoms with Crippen molar-refractivity contribution in [1.82, 2.24) is 5.32 Å². The van der Waals surface area contributed by atoms with Crippen LogP contribution in [0.1, 0.15) is 17.2 Å². The van der Waals surface area contributed by atoms with E-state index in [0.717, 1.165) is 12.1 Å². The Bertz CT molecular complexity index is 306. The normalized spacial score (nSPS) is 14.9. The summed E-state index contributed by atoms with van der Waals surface area (Å²) in [6, 6.07) is 7.45. The number of halogens is 1. The molecule has 1 aromatic rings.